The van der Waals surface area contributed by atoms with Crippen LogP contribution in [0.2, 0.25) is 0 Å². The van der Waals surface area contributed by atoms with E-state index in [9.17, 15) is 4.79 Å². The number of rotatable bonds is 7. The van der Waals surface area contributed by atoms with Gasteiger partial charge in [0.25, 0.3) is 0 Å². The molecule has 0 saturated heterocycles. The number of aromatic nitrogens is 1. The van der Waals surface area contributed by atoms with Gasteiger partial charge in [0, 0.05) is 22.7 Å². The molecule has 152 valence electrons. The van der Waals surface area contributed by atoms with E-state index in [0.29, 0.717) is 13.2 Å². The summed E-state index contributed by atoms with van der Waals surface area (Å²) in [4.78, 5) is 15.3. The summed E-state index contributed by atoms with van der Waals surface area (Å²) in [5, 5.41) is 3.87. The quantitative estimate of drug-likeness (QED) is 0.406. The van der Waals surface area contributed by atoms with Crippen molar-refractivity contribution in [1.82, 2.24) is 10.3 Å². The van der Waals surface area contributed by atoms with Gasteiger partial charge in [0.2, 0.25) is 0 Å². The van der Waals surface area contributed by atoms with Crippen LogP contribution in [0.15, 0.2) is 78.9 Å². The van der Waals surface area contributed by atoms with Crippen molar-refractivity contribution >= 4 is 17.0 Å². The molecule has 0 aliphatic heterocycles. The Balaban J connectivity index is 1.30. The van der Waals surface area contributed by atoms with Gasteiger partial charge >= 0.3 is 6.09 Å². The van der Waals surface area contributed by atoms with Crippen LogP contribution in [0, 0.1) is 6.92 Å². The number of carbonyl (C=O) groups is 1. The number of nitrogens with one attached hydrogen (secondary N) is 2. The number of aromatic amines is 1. The summed E-state index contributed by atoms with van der Waals surface area (Å²) in [6.07, 6.45) is -0.453. The molecule has 2 N–H and O–H groups in total. The summed E-state index contributed by atoms with van der Waals surface area (Å²) in [5.74, 6) is 0.753. The molecule has 0 atom stereocenters. The van der Waals surface area contributed by atoms with Crippen LogP contribution in [0.25, 0.3) is 22.2 Å². The third-order valence-corrected chi connectivity index (χ3v) is 4.95. The number of ether oxygens (including phenoxy) is 2. The number of hydrogen-bond donors (Lipinski definition) is 2. The van der Waals surface area contributed by atoms with E-state index in [4.69, 9.17) is 9.47 Å². The number of fused-ring (bicyclic) bond motifs is 1. The zero-order valence-electron chi connectivity index (χ0n) is 16.9. The van der Waals surface area contributed by atoms with E-state index in [2.05, 4.69) is 35.4 Å². The van der Waals surface area contributed by atoms with Crippen LogP contribution in [0.3, 0.4) is 0 Å². The third kappa shape index (κ3) is 4.63. The average molecular weight is 400 g/mol. The maximum atomic E-state index is 11.8. The van der Waals surface area contributed by atoms with Gasteiger partial charge < -0.3 is 19.8 Å². The van der Waals surface area contributed by atoms with Crippen molar-refractivity contribution in [3.8, 4) is 17.0 Å². The molecule has 1 aromatic heterocycles. The van der Waals surface area contributed by atoms with E-state index in [-0.39, 0.29) is 6.61 Å². The van der Waals surface area contributed by atoms with E-state index in [0.717, 1.165) is 28.1 Å². The second kappa shape index (κ2) is 9.18. The predicted octanol–water partition coefficient (Wildman–Crippen LogP) is 5.45. The van der Waals surface area contributed by atoms with Gasteiger partial charge in [-0.2, -0.15) is 0 Å². The Hall–Kier alpha value is -3.73. The van der Waals surface area contributed by atoms with E-state index >= 15 is 0 Å². The highest BCUT2D eigenvalue weighted by Gasteiger charge is 2.10. The monoisotopic (exact) mass is 400 g/mol. The van der Waals surface area contributed by atoms with Crippen molar-refractivity contribution in [2.75, 3.05) is 13.2 Å². The fraction of sp³-hybridized carbons (Fsp3) is 0.160. The Morgan fingerprint density at radius 2 is 1.70 bits per heavy atom. The van der Waals surface area contributed by atoms with Crippen molar-refractivity contribution in [1.29, 1.82) is 0 Å². The number of amides is 1. The van der Waals surface area contributed by atoms with E-state index in [1.807, 2.05) is 60.7 Å². The van der Waals surface area contributed by atoms with E-state index in [1.165, 1.54) is 10.9 Å². The first kappa shape index (κ1) is 19.6. The Bertz CT molecular complexity index is 1120. The molecule has 3 aromatic carbocycles. The molecule has 5 nitrogen and oxygen atoms in total. The second-order valence-corrected chi connectivity index (χ2v) is 7.04. The maximum absolute atomic E-state index is 11.8. The molecule has 1 amide bonds. The Kier molecular flexibility index (Phi) is 5.99. The molecule has 30 heavy (non-hydrogen) atoms. The molecular formula is C25H24N2O3. The van der Waals surface area contributed by atoms with Gasteiger partial charge in [-0.1, -0.05) is 60.7 Å². The van der Waals surface area contributed by atoms with E-state index < -0.39 is 6.09 Å². The topological polar surface area (TPSA) is 63.3 Å². The number of aryl methyl sites for hydroxylation is 1. The van der Waals surface area contributed by atoms with Gasteiger partial charge in [0.1, 0.15) is 19.0 Å². The Morgan fingerprint density at radius 3 is 2.47 bits per heavy atom. The minimum absolute atomic E-state index is 0.250. The minimum atomic E-state index is -0.453. The van der Waals surface area contributed by atoms with Crippen LogP contribution in [-0.2, 0) is 11.3 Å². The summed E-state index contributed by atoms with van der Waals surface area (Å²) < 4.78 is 11.0. The van der Waals surface area contributed by atoms with Crippen LogP contribution in [0.1, 0.15) is 11.1 Å². The molecule has 0 radical (unpaired) electrons. The molecule has 1 heterocycles. The second-order valence-electron chi connectivity index (χ2n) is 7.04. The lowest BCUT2D eigenvalue weighted by Crippen LogP contribution is -2.28. The number of benzene rings is 3. The predicted molar refractivity (Wildman–Crippen MR) is 119 cm³/mol. The first-order valence-corrected chi connectivity index (χ1v) is 9.96. The molecule has 0 aliphatic carbocycles. The van der Waals surface area contributed by atoms with Gasteiger partial charge in [-0.3, -0.25) is 0 Å². The molecule has 0 saturated carbocycles. The summed E-state index contributed by atoms with van der Waals surface area (Å²) in [6, 6.07) is 25.9. The lowest BCUT2D eigenvalue weighted by atomic mass is 10.1. The summed E-state index contributed by atoms with van der Waals surface area (Å²) in [7, 11) is 0. The lowest BCUT2D eigenvalue weighted by Gasteiger charge is -2.09. The smallest absolute Gasteiger partial charge is 0.407 e. The fourth-order valence-corrected chi connectivity index (χ4v) is 3.40. The minimum Gasteiger partial charge on any atom is -0.492 e. The Morgan fingerprint density at radius 1 is 0.967 bits per heavy atom. The molecule has 0 unspecified atom stereocenters. The van der Waals surface area contributed by atoms with Crippen LogP contribution >= 0.6 is 0 Å². The molecule has 5 heteroatoms. The van der Waals surface area contributed by atoms with Gasteiger partial charge in [-0.15, -0.1) is 0 Å². The Labute approximate surface area is 175 Å². The van der Waals surface area contributed by atoms with Gasteiger partial charge in [-0.05, 0) is 35.7 Å². The van der Waals surface area contributed by atoms with Crippen LogP contribution in [-0.4, -0.2) is 24.2 Å². The fourth-order valence-electron chi connectivity index (χ4n) is 3.40. The van der Waals surface area contributed by atoms with Crippen LogP contribution < -0.4 is 10.1 Å². The standard InChI is InChI=1S/C25H24N2O3/c1-18-22-13-12-21(16-23(22)27-24(18)20-10-6-3-7-11-20)29-15-14-26-25(28)30-17-19-8-4-2-5-9-19/h2-13,16,27H,14-15,17H2,1H3,(H,26,28). The highest BCUT2D eigenvalue weighted by molar-refractivity contribution is 5.91. The lowest BCUT2D eigenvalue weighted by molar-refractivity contribution is 0.137. The number of carbonyl (C=O) groups excluding carboxylic acids is 1. The van der Waals surface area contributed by atoms with Gasteiger partial charge in [0.05, 0.1) is 6.54 Å². The number of hydrogen-bond acceptors (Lipinski definition) is 3. The summed E-state index contributed by atoms with van der Waals surface area (Å²) in [6.45, 7) is 3.09. The zero-order valence-corrected chi connectivity index (χ0v) is 16.9. The largest absolute Gasteiger partial charge is 0.492 e. The van der Waals surface area contributed by atoms with Crippen LogP contribution in [0.4, 0.5) is 4.79 Å². The van der Waals surface area contributed by atoms with E-state index in [1.54, 1.807) is 0 Å². The van der Waals surface area contributed by atoms with Gasteiger partial charge in [0.15, 0.2) is 0 Å². The van der Waals surface area contributed by atoms with Gasteiger partial charge in [-0.25, -0.2) is 4.79 Å². The highest BCUT2D eigenvalue weighted by Crippen LogP contribution is 2.31. The molecule has 4 rings (SSSR count). The van der Waals surface area contributed by atoms with Crippen molar-refractivity contribution in [3.05, 3.63) is 90.0 Å². The van der Waals surface area contributed by atoms with Crippen molar-refractivity contribution < 1.29 is 14.3 Å². The highest BCUT2D eigenvalue weighted by atomic mass is 16.5. The summed E-state index contributed by atoms with van der Waals surface area (Å²) >= 11 is 0. The SMILES string of the molecule is Cc1c(-c2ccccc2)[nH]c2cc(OCCNC(=O)OCc3ccccc3)ccc12. The first-order chi connectivity index (χ1) is 14.7. The number of H-pyrrole nitrogens is 1. The van der Waals surface area contributed by atoms with Crippen LogP contribution in [0.5, 0.6) is 5.75 Å². The molecule has 0 spiro atoms. The van der Waals surface area contributed by atoms with Crippen molar-refractivity contribution in [3.63, 3.8) is 0 Å². The molecule has 0 aliphatic rings. The normalized spacial score (nSPS) is 10.7. The molecule has 0 bridgehead atoms. The summed E-state index contributed by atoms with van der Waals surface area (Å²) in [5.41, 5.74) is 5.47. The third-order valence-electron chi connectivity index (χ3n) is 4.95. The van der Waals surface area contributed by atoms with Crippen molar-refractivity contribution in [2.24, 2.45) is 0 Å². The van der Waals surface area contributed by atoms with Crippen molar-refractivity contribution in [2.45, 2.75) is 13.5 Å². The average Bonchev–Trinajstić information content (AvgIpc) is 3.12. The first-order valence-electron chi connectivity index (χ1n) is 9.96. The molecule has 0 fully saturated rings. The maximum Gasteiger partial charge on any atom is 0.407 e. The zero-order chi connectivity index (χ0) is 20.8. The molecular weight excluding hydrogens is 376 g/mol. The number of alkyl carbamates (subject to hydrolysis) is 1. The molecule has 4 aromatic rings.